The van der Waals surface area contributed by atoms with E-state index in [0.717, 1.165) is 28.1 Å². The summed E-state index contributed by atoms with van der Waals surface area (Å²) < 4.78 is 6.45. The van der Waals surface area contributed by atoms with Crippen LogP contribution in [0.2, 0.25) is 0 Å². The standard InChI is InChI=1S/C25H30N2O3/c1-26(2)23-15-11-21(12-16-23)25(30-28-5,29-19-20-9-7-6-8-10-20)22-13-17-24(18-14-22)27(3)4/h6-18H,19H2,1-5H3. The van der Waals surface area contributed by atoms with Gasteiger partial charge in [-0.1, -0.05) is 54.6 Å². The van der Waals surface area contributed by atoms with Crippen molar-refractivity contribution in [2.45, 2.75) is 12.4 Å². The highest BCUT2D eigenvalue weighted by Gasteiger charge is 2.38. The van der Waals surface area contributed by atoms with E-state index in [1.54, 1.807) is 0 Å². The van der Waals surface area contributed by atoms with E-state index in [-0.39, 0.29) is 0 Å². The van der Waals surface area contributed by atoms with Crippen LogP contribution in [0.15, 0.2) is 78.9 Å². The highest BCUT2D eigenvalue weighted by molar-refractivity contribution is 5.51. The van der Waals surface area contributed by atoms with Crippen LogP contribution in [0.3, 0.4) is 0 Å². The fourth-order valence-electron chi connectivity index (χ4n) is 3.29. The van der Waals surface area contributed by atoms with E-state index in [0.29, 0.717) is 6.61 Å². The zero-order chi connectivity index (χ0) is 21.6. The number of nitrogens with zero attached hydrogens (tertiary/aromatic N) is 2. The number of ether oxygens (including phenoxy) is 1. The molecule has 5 heteroatoms. The van der Waals surface area contributed by atoms with Crippen molar-refractivity contribution in [1.29, 1.82) is 0 Å². The van der Waals surface area contributed by atoms with E-state index in [4.69, 9.17) is 14.5 Å². The van der Waals surface area contributed by atoms with Crippen molar-refractivity contribution in [1.82, 2.24) is 0 Å². The normalized spacial score (nSPS) is 11.4. The third-order valence-electron chi connectivity index (χ3n) is 5.01. The molecule has 0 N–H and O–H groups in total. The SMILES string of the molecule is COOC(OCc1ccccc1)(c1ccc(N(C)C)cc1)c1ccc(N(C)C)cc1. The Bertz CT molecular complexity index is 856. The number of rotatable bonds is 9. The maximum absolute atomic E-state index is 6.45. The van der Waals surface area contributed by atoms with Gasteiger partial charge < -0.3 is 14.5 Å². The van der Waals surface area contributed by atoms with Gasteiger partial charge in [0.1, 0.15) is 0 Å². The van der Waals surface area contributed by atoms with Crippen LogP contribution in [-0.2, 0) is 26.9 Å². The van der Waals surface area contributed by atoms with Crippen molar-refractivity contribution in [3.05, 3.63) is 95.6 Å². The molecule has 5 nitrogen and oxygen atoms in total. The van der Waals surface area contributed by atoms with Gasteiger partial charge in [0.2, 0.25) is 0 Å². The van der Waals surface area contributed by atoms with Gasteiger partial charge in [0, 0.05) is 50.7 Å². The lowest BCUT2D eigenvalue weighted by molar-refractivity contribution is -0.413. The summed E-state index contributed by atoms with van der Waals surface area (Å²) in [5.41, 5.74) is 4.94. The second-order valence-electron chi connectivity index (χ2n) is 7.52. The van der Waals surface area contributed by atoms with Crippen LogP contribution in [0.4, 0.5) is 11.4 Å². The Kier molecular flexibility index (Phi) is 7.11. The average molecular weight is 407 g/mol. The van der Waals surface area contributed by atoms with E-state index >= 15 is 0 Å². The van der Waals surface area contributed by atoms with Crippen molar-refractivity contribution in [2.75, 3.05) is 45.1 Å². The lowest BCUT2D eigenvalue weighted by Crippen LogP contribution is -2.34. The van der Waals surface area contributed by atoms with Crippen LogP contribution in [0.5, 0.6) is 0 Å². The van der Waals surface area contributed by atoms with Gasteiger partial charge in [-0.05, 0) is 29.8 Å². The molecule has 0 bridgehead atoms. The molecule has 3 aromatic rings. The maximum atomic E-state index is 6.45. The first-order valence-corrected chi connectivity index (χ1v) is 9.91. The van der Waals surface area contributed by atoms with Gasteiger partial charge in [0.25, 0.3) is 5.79 Å². The Morgan fingerprint density at radius 1 is 0.667 bits per heavy atom. The summed E-state index contributed by atoms with van der Waals surface area (Å²) in [6, 6.07) is 26.3. The van der Waals surface area contributed by atoms with Gasteiger partial charge >= 0.3 is 0 Å². The summed E-state index contributed by atoms with van der Waals surface area (Å²) in [5.74, 6) is -1.21. The summed E-state index contributed by atoms with van der Waals surface area (Å²) in [4.78, 5) is 15.2. The van der Waals surface area contributed by atoms with Crippen molar-refractivity contribution >= 4 is 11.4 Å². The lowest BCUT2D eigenvalue weighted by Gasteiger charge is -2.33. The van der Waals surface area contributed by atoms with Crippen LogP contribution in [0.25, 0.3) is 0 Å². The minimum absolute atomic E-state index is 0.370. The summed E-state index contributed by atoms with van der Waals surface area (Å²) in [6.07, 6.45) is 0. The van der Waals surface area contributed by atoms with E-state index in [2.05, 4.69) is 9.80 Å². The summed E-state index contributed by atoms with van der Waals surface area (Å²) in [7, 11) is 9.56. The average Bonchev–Trinajstić information content (AvgIpc) is 2.77. The van der Waals surface area contributed by atoms with Crippen LogP contribution in [0.1, 0.15) is 16.7 Å². The van der Waals surface area contributed by atoms with Crippen molar-refractivity contribution in [3.63, 3.8) is 0 Å². The third kappa shape index (κ3) is 4.82. The summed E-state index contributed by atoms with van der Waals surface area (Å²) >= 11 is 0. The molecule has 0 radical (unpaired) electrons. The highest BCUT2D eigenvalue weighted by Crippen LogP contribution is 2.37. The minimum atomic E-state index is -1.21. The number of hydrogen-bond acceptors (Lipinski definition) is 5. The number of benzene rings is 3. The predicted molar refractivity (Wildman–Crippen MR) is 122 cm³/mol. The molecule has 158 valence electrons. The fraction of sp³-hybridized carbons (Fsp3) is 0.280. The Morgan fingerprint density at radius 2 is 1.13 bits per heavy atom. The second kappa shape index (κ2) is 9.76. The van der Waals surface area contributed by atoms with Gasteiger partial charge in [-0.2, -0.15) is 4.89 Å². The van der Waals surface area contributed by atoms with Crippen LogP contribution in [-0.4, -0.2) is 35.3 Å². The van der Waals surface area contributed by atoms with E-state index in [9.17, 15) is 0 Å². The van der Waals surface area contributed by atoms with Gasteiger partial charge in [0.05, 0.1) is 13.7 Å². The zero-order valence-corrected chi connectivity index (χ0v) is 18.3. The molecule has 0 saturated heterocycles. The molecule has 0 fully saturated rings. The third-order valence-corrected chi connectivity index (χ3v) is 5.01. The number of hydrogen-bond donors (Lipinski definition) is 0. The Labute approximate surface area is 179 Å². The van der Waals surface area contributed by atoms with Crippen LogP contribution >= 0.6 is 0 Å². The lowest BCUT2D eigenvalue weighted by atomic mass is 9.96. The molecular formula is C25H30N2O3. The Morgan fingerprint density at radius 3 is 1.53 bits per heavy atom. The van der Waals surface area contributed by atoms with Crippen molar-refractivity contribution in [2.24, 2.45) is 0 Å². The first-order valence-electron chi connectivity index (χ1n) is 9.91. The molecule has 0 aromatic heterocycles. The fourth-order valence-corrected chi connectivity index (χ4v) is 3.29. The topological polar surface area (TPSA) is 34.2 Å². The smallest absolute Gasteiger partial charge is 0.254 e. The molecule has 0 saturated carbocycles. The summed E-state index contributed by atoms with van der Waals surface area (Å²) in [6.45, 7) is 0.370. The molecule has 30 heavy (non-hydrogen) atoms. The van der Waals surface area contributed by atoms with Crippen molar-refractivity contribution < 1.29 is 14.5 Å². The van der Waals surface area contributed by atoms with Crippen LogP contribution < -0.4 is 9.80 Å². The quantitative estimate of drug-likeness (QED) is 0.289. The Balaban J connectivity index is 2.05. The van der Waals surface area contributed by atoms with Crippen LogP contribution in [0, 0.1) is 0 Å². The van der Waals surface area contributed by atoms with Gasteiger partial charge in [-0.3, -0.25) is 0 Å². The van der Waals surface area contributed by atoms with E-state index < -0.39 is 5.79 Å². The highest BCUT2D eigenvalue weighted by atomic mass is 17.2. The molecule has 0 aliphatic carbocycles. The van der Waals surface area contributed by atoms with Crippen molar-refractivity contribution in [3.8, 4) is 0 Å². The zero-order valence-electron chi connectivity index (χ0n) is 18.3. The molecule has 0 atom stereocenters. The molecule has 3 aromatic carbocycles. The monoisotopic (exact) mass is 406 g/mol. The largest absolute Gasteiger partial charge is 0.378 e. The Hall–Kier alpha value is -2.86. The predicted octanol–water partition coefficient (Wildman–Crippen LogP) is 4.81. The van der Waals surface area contributed by atoms with E-state index in [1.165, 1.54) is 7.11 Å². The molecule has 0 aliphatic rings. The first kappa shape index (κ1) is 21.8. The van der Waals surface area contributed by atoms with E-state index in [1.807, 2.05) is 107 Å². The molecular weight excluding hydrogens is 376 g/mol. The second-order valence-corrected chi connectivity index (χ2v) is 7.52. The molecule has 0 spiro atoms. The van der Waals surface area contributed by atoms with Gasteiger partial charge in [0.15, 0.2) is 0 Å². The molecule has 0 heterocycles. The van der Waals surface area contributed by atoms with Gasteiger partial charge in [-0.15, -0.1) is 0 Å². The summed E-state index contributed by atoms with van der Waals surface area (Å²) in [5, 5.41) is 0. The molecule has 3 rings (SSSR count). The molecule has 0 unspecified atom stereocenters. The first-order chi connectivity index (χ1) is 14.5. The maximum Gasteiger partial charge on any atom is 0.254 e. The van der Waals surface area contributed by atoms with Gasteiger partial charge in [-0.25, -0.2) is 4.89 Å². The number of anilines is 2. The minimum Gasteiger partial charge on any atom is -0.378 e. The molecule has 0 aliphatic heterocycles. The molecule has 0 amide bonds.